The highest BCUT2D eigenvalue weighted by Crippen LogP contribution is 2.00. The van der Waals surface area contributed by atoms with E-state index in [0.717, 1.165) is 6.54 Å². The fourth-order valence-corrected chi connectivity index (χ4v) is 1.42. The Morgan fingerprint density at radius 1 is 1.19 bits per heavy atom. The van der Waals surface area contributed by atoms with Crippen molar-refractivity contribution in [3.8, 4) is 0 Å². The summed E-state index contributed by atoms with van der Waals surface area (Å²) in [4.78, 5) is 0. The molecule has 1 aromatic rings. The summed E-state index contributed by atoms with van der Waals surface area (Å²) in [6.07, 6.45) is 0.241. The summed E-state index contributed by atoms with van der Waals surface area (Å²) in [7, 11) is 1.92. The van der Waals surface area contributed by atoms with E-state index in [-0.39, 0.29) is 6.10 Å². The number of hydrogen-bond donors (Lipinski definition) is 1. The Morgan fingerprint density at radius 2 is 1.94 bits per heavy atom. The minimum absolute atomic E-state index is 0.241. The van der Waals surface area contributed by atoms with E-state index in [2.05, 4.69) is 17.4 Å². The van der Waals surface area contributed by atoms with Gasteiger partial charge < -0.3 is 14.8 Å². The van der Waals surface area contributed by atoms with Gasteiger partial charge in [-0.05, 0) is 19.5 Å². The number of ether oxygens (including phenoxy) is 2. The molecule has 0 heterocycles. The van der Waals surface area contributed by atoms with Gasteiger partial charge in [-0.3, -0.25) is 0 Å². The monoisotopic (exact) mass is 223 g/mol. The van der Waals surface area contributed by atoms with Crippen LogP contribution in [-0.4, -0.2) is 32.9 Å². The van der Waals surface area contributed by atoms with Gasteiger partial charge in [0.15, 0.2) is 0 Å². The normalized spacial score (nSPS) is 12.6. The van der Waals surface area contributed by atoms with Crippen LogP contribution < -0.4 is 5.32 Å². The van der Waals surface area contributed by atoms with Crippen molar-refractivity contribution in [3.05, 3.63) is 35.9 Å². The Labute approximate surface area is 97.8 Å². The van der Waals surface area contributed by atoms with E-state index in [1.807, 2.05) is 32.2 Å². The van der Waals surface area contributed by atoms with E-state index >= 15 is 0 Å². The first kappa shape index (κ1) is 13.2. The minimum atomic E-state index is 0.241. The highest BCUT2D eigenvalue weighted by atomic mass is 16.5. The maximum atomic E-state index is 5.53. The van der Waals surface area contributed by atoms with E-state index in [0.29, 0.717) is 19.8 Å². The molecule has 0 spiro atoms. The molecule has 0 amide bonds. The van der Waals surface area contributed by atoms with Crippen molar-refractivity contribution in [1.82, 2.24) is 5.32 Å². The van der Waals surface area contributed by atoms with E-state index in [1.165, 1.54) is 5.56 Å². The Kier molecular flexibility index (Phi) is 6.81. The number of hydrogen-bond acceptors (Lipinski definition) is 3. The summed E-state index contributed by atoms with van der Waals surface area (Å²) in [6.45, 7) is 4.87. The number of rotatable bonds is 8. The summed E-state index contributed by atoms with van der Waals surface area (Å²) in [5, 5.41) is 3.07. The molecule has 1 atom stereocenters. The van der Waals surface area contributed by atoms with Crippen LogP contribution in [0.4, 0.5) is 0 Å². The molecular weight excluding hydrogens is 202 g/mol. The van der Waals surface area contributed by atoms with Gasteiger partial charge in [0.1, 0.15) is 0 Å². The first-order valence-corrected chi connectivity index (χ1v) is 5.71. The number of nitrogens with one attached hydrogen (secondary N) is 1. The van der Waals surface area contributed by atoms with Gasteiger partial charge in [-0.2, -0.15) is 0 Å². The van der Waals surface area contributed by atoms with Gasteiger partial charge >= 0.3 is 0 Å². The Hall–Kier alpha value is -0.900. The standard InChI is InChI=1S/C13H21NO2/c1-12(10-14-2)16-9-8-15-11-13-6-4-3-5-7-13/h3-7,12,14H,8-11H2,1-2H3. The van der Waals surface area contributed by atoms with Crippen molar-refractivity contribution in [2.75, 3.05) is 26.8 Å². The number of benzene rings is 1. The van der Waals surface area contributed by atoms with Crippen molar-refractivity contribution in [1.29, 1.82) is 0 Å². The van der Waals surface area contributed by atoms with E-state index < -0.39 is 0 Å². The Morgan fingerprint density at radius 3 is 2.62 bits per heavy atom. The maximum Gasteiger partial charge on any atom is 0.0718 e. The van der Waals surface area contributed by atoms with Crippen LogP contribution in [0.15, 0.2) is 30.3 Å². The van der Waals surface area contributed by atoms with Crippen LogP contribution in [0.25, 0.3) is 0 Å². The highest BCUT2D eigenvalue weighted by molar-refractivity contribution is 5.13. The molecule has 1 unspecified atom stereocenters. The molecule has 0 aliphatic heterocycles. The highest BCUT2D eigenvalue weighted by Gasteiger charge is 1.99. The SMILES string of the molecule is CNCC(C)OCCOCc1ccccc1. The van der Waals surface area contributed by atoms with Gasteiger partial charge in [-0.25, -0.2) is 0 Å². The van der Waals surface area contributed by atoms with Gasteiger partial charge in [0.2, 0.25) is 0 Å². The second-order valence-corrected chi connectivity index (χ2v) is 3.78. The van der Waals surface area contributed by atoms with E-state index in [1.54, 1.807) is 0 Å². The summed E-state index contributed by atoms with van der Waals surface area (Å²) in [5.41, 5.74) is 1.20. The zero-order valence-corrected chi connectivity index (χ0v) is 10.1. The third-order valence-electron chi connectivity index (χ3n) is 2.23. The predicted octanol–water partition coefficient (Wildman–Crippen LogP) is 1.83. The average molecular weight is 223 g/mol. The molecular formula is C13H21NO2. The lowest BCUT2D eigenvalue weighted by Crippen LogP contribution is -2.24. The second-order valence-electron chi connectivity index (χ2n) is 3.78. The second kappa shape index (κ2) is 8.28. The molecule has 0 aliphatic rings. The zero-order valence-electron chi connectivity index (χ0n) is 10.1. The van der Waals surface area contributed by atoms with Crippen LogP contribution in [0.5, 0.6) is 0 Å². The summed E-state index contributed by atoms with van der Waals surface area (Å²) in [6, 6.07) is 10.2. The molecule has 3 heteroatoms. The molecule has 0 radical (unpaired) electrons. The van der Waals surface area contributed by atoms with E-state index in [9.17, 15) is 0 Å². The van der Waals surface area contributed by atoms with Gasteiger partial charge in [-0.1, -0.05) is 30.3 Å². The quantitative estimate of drug-likeness (QED) is 0.682. The average Bonchev–Trinajstić information content (AvgIpc) is 2.30. The molecule has 0 fully saturated rings. The number of likely N-dealkylation sites (N-methyl/N-ethyl adjacent to an activating group) is 1. The maximum absolute atomic E-state index is 5.53. The van der Waals surface area contributed by atoms with Crippen LogP contribution in [0.3, 0.4) is 0 Å². The molecule has 3 nitrogen and oxygen atoms in total. The van der Waals surface area contributed by atoms with Crippen LogP contribution in [0.1, 0.15) is 12.5 Å². The smallest absolute Gasteiger partial charge is 0.0718 e. The van der Waals surface area contributed by atoms with Gasteiger partial charge in [0.05, 0.1) is 25.9 Å². The van der Waals surface area contributed by atoms with Crippen LogP contribution >= 0.6 is 0 Å². The molecule has 1 aromatic carbocycles. The predicted molar refractivity (Wildman–Crippen MR) is 65.4 cm³/mol. The molecule has 0 saturated heterocycles. The molecule has 0 aliphatic carbocycles. The Bertz CT molecular complexity index is 264. The summed E-state index contributed by atoms with van der Waals surface area (Å²) in [5.74, 6) is 0. The molecule has 0 bridgehead atoms. The first-order chi connectivity index (χ1) is 7.83. The molecule has 16 heavy (non-hydrogen) atoms. The molecule has 0 aromatic heterocycles. The van der Waals surface area contributed by atoms with Crippen molar-refractivity contribution in [2.24, 2.45) is 0 Å². The lowest BCUT2D eigenvalue weighted by molar-refractivity contribution is 0.00857. The fraction of sp³-hybridized carbons (Fsp3) is 0.538. The first-order valence-electron chi connectivity index (χ1n) is 5.71. The van der Waals surface area contributed by atoms with Crippen LogP contribution in [0.2, 0.25) is 0 Å². The van der Waals surface area contributed by atoms with Gasteiger partial charge in [-0.15, -0.1) is 0 Å². The van der Waals surface area contributed by atoms with Crippen LogP contribution in [0, 0.1) is 0 Å². The third kappa shape index (κ3) is 5.85. The van der Waals surface area contributed by atoms with Crippen molar-refractivity contribution in [3.63, 3.8) is 0 Å². The lowest BCUT2D eigenvalue weighted by Gasteiger charge is -2.12. The molecule has 90 valence electrons. The van der Waals surface area contributed by atoms with Gasteiger partial charge in [0, 0.05) is 6.54 Å². The van der Waals surface area contributed by atoms with Crippen LogP contribution in [-0.2, 0) is 16.1 Å². The third-order valence-corrected chi connectivity index (χ3v) is 2.23. The topological polar surface area (TPSA) is 30.5 Å². The molecule has 0 saturated carbocycles. The van der Waals surface area contributed by atoms with Crippen molar-refractivity contribution in [2.45, 2.75) is 19.6 Å². The minimum Gasteiger partial charge on any atom is -0.375 e. The largest absolute Gasteiger partial charge is 0.375 e. The van der Waals surface area contributed by atoms with Crippen molar-refractivity contribution < 1.29 is 9.47 Å². The molecule has 1 N–H and O–H groups in total. The molecule has 1 rings (SSSR count). The van der Waals surface area contributed by atoms with Gasteiger partial charge in [0.25, 0.3) is 0 Å². The summed E-state index contributed by atoms with van der Waals surface area (Å²) >= 11 is 0. The Balaban J connectivity index is 2.00. The lowest BCUT2D eigenvalue weighted by atomic mass is 10.2. The summed E-state index contributed by atoms with van der Waals surface area (Å²) < 4.78 is 11.0. The zero-order chi connectivity index (χ0) is 11.6. The fourth-order valence-electron chi connectivity index (χ4n) is 1.42. The van der Waals surface area contributed by atoms with E-state index in [4.69, 9.17) is 9.47 Å². The van der Waals surface area contributed by atoms with Crippen molar-refractivity contribution >= 4 is 0 Å².